The summed E-state index contributed by atoms with van der Waals surface area (Å²) in [5, 5.41) is 0. The van der Waals surface area contributed by atoms with E-state index in [4.69, 9.17) is 9.47 Å². The molecule has 0 spiro atoms. The van der Waals surface area contributed by atoms with Crippen molar-refractivity contribution in [3.8, 4) is 0 Å². The smallest absolute Gasteiger partial charge is 0.309 e. The highest BCUT2D eigenvalue weighted by Gasteiger charge is 2.32. The molecule has 0 amide bonds. The van der Waals surface area contributed by atoms with E-state index in [9.17, 15) is 4.79 Å². The first kappa shape index (κ1) is 11.5. The zero-order chi connectivity index (χ0) is 10.6. The molecule has 0 aromatic rings. The molecule has 1 unspecified atom stereocenters. The Hall–Kier alpha value is -0.570. The van der Waals surface area contributed by atoms with Crippen LogP contribution in [-0.4, -0.2) is 26.3 Å². The van der Waals surface area contributed by atoms with Crippen LogP contribution in [0.25, 0.3) is 0 Å². The van der Waals surface area contributed by atoms with Gasteiger partial charge in [0.05, 0.1) is 13.0 Å². The van der Waals surface area contributed by atoms with Crippen molar-refractivity contribution in [1.82, 2.24) is 0 Å². The number of methoxy groups -OCH3 is 1. The summed E-state index contributed by atoms with van der Waals surface area (Å²) in [4.78, 5) is 11.6. The van der Waals surface area contributed by atoms with Gasteiger partial charge in [0, 0.05) is 13.2 Å². The Labute approximate surface area is 85.8 Å². The molecule has 3 heteroatoms. The van der Waals surface area contributed by atoms with Gasteiger partial charge in [-0.15, -0.1) is 0 Å². The Morgan fingerprint density at radius 2 is 1.93 bits per heavy atom. The second kappa shape index (κ2) is 5.35. The Balaban J connectivity index is 2.60. The van der Waals surface area contributed by atoms with Crippen molar-refractivity contribution in [3.63, 3.8) is 0 Å². The number of rotatable bonds is 3. The van der Waals surface area contributed by atoms with Crippen LogP contribution in [0.1, 0.15) is 26.7 Å². The molecule has 1 heterocycles. The summed E-state index contributed by atoms with van der Waals surface area (Å²) in [5.74, 6) is 0.776. The Kier molecular flexibility index (Phi) is 4.39. The minimum atomic E-state index is -0.0631. The molecular weight excluding hydrogens is 180 g/mol. The third-order valence-electron chi connectivity index (χ3n) is 2.97. The third kappa shape index (κ3) is 2.71. The summed E-state index contributed by atoms with van der Waals surface area (Å²) in [7, 11) is 1.47. The van der Waals surface area contributed by atoms with Gasteiger partial charge in [-0.1, -0.05) is 13.8 Å². The number of ether oxygens (including phenoxy) is 2. The first-order valence-corrected chi connectivity index (χ1v) is 5.32. The van der Waals surface area contributed by atoms with Gasteiger partial charge in [0.1, 0.15) is 0 Å². The third-order valence-corrected chi connectivity index (χ3v) is 2.97. The van der Waals surface area contributed by atoms with Crippen LogP contribution >= 0.6 is 0 Å². The second-order valence-electron chi connectivity index (χ2n) is 4.24. The number of hydrogen-bond donors (Lipinski definition) is 0. The lowest BCUT2D eigenvalue weighted by atomic mass is 9.79. The zero-order valence-electron chi connectivity index (χ0n) is 9.29. The van der Waals surface area contributed by atoms with Crippen molar-refractivity contribution in [3.05, 3.63) is 0 Å². The Morgan fingerprint density at radius 1 is 1.36 bits per heavy atom. The van der Waals surface area contributed by atoms with E-state index in [-0.39, 0.29) is 11.9 Å². The highest BCUT2D eigenvalue weighted by molar-refractivity contribution is 5.72. The van der Waals surface area contributed by atoms with Crippen LogP contribution in [0.4, 0.5) is 0 Å². The fraction of sp³-hybridized carbons (Fsp3) is 0.909. The summed E-state index contributed by atoms with van der Waals surface area (Å²) >= 11 is 0. The maximum atomic E-state index is 11.6. The largest absolute Gasteiger partial charge is 0.469 e. The maximum absolute atomic E-state index is 11.6. The quantitative estimate of drug-likeness (QED) is 0.652. The highest BCUT2D eigenvalue weighted by Crippen LogP contribution is 2.30. The maximum Gasteiger partial charge on any atom is 0.309 e. The van der Waals surface area contributed by atoms with Gasteiger partial charge in [-0.3, -0.25) is 4.79 Å². The van der Waals surface area contributed by atoms with Crippen LogP contribution in [0.5, 0.6) is 0 Å². The van der Waals surface area contributed by atoms with Crippen molar-refractivity contribution in [2.45, 2.75) is 26.7 Å². The van der Waals surface area contributed by atoms with Gasteiger partial charge in [-0.25, -0.2) is 0 Å². The second-order valence-corrected chi connectivity index (χ2v) is 4.24. The van der Waals surface area contributed by atoms with Crippen LogP contribution < -0.4 is 0 Å². The molecule has 0 saturated carbocycles. The standard InChI is InChI=1S/C11H20O3/c1-8(2)10(11(12)13-3)9-4-6-14-7-5-9/h8-10H,4-7H2,1-3H3. The molecule has 0 aromatic heterocycles. The summed E-state index contributed by atoms with van der Waals surface area (Å²) in [6.07, 6.45) is 1.97. The lowest BCUT2D eigenvalue weighted by molar-refractivity contribution is -0.150. The molecule has 0 aromatic carbocycles. The molecule has 0 aliphatic carbocycles. The summed E-state index contributed by atoms with van der Waals surface area (Å²) in [6, 6.07) is 0. The number of carbonyl (C=O) groups excluding carboxylic acids is 1. The van der Waals surface area contributed by atoms with E-state index < -0.39 is 0 Å². The fourth-order valence-electron chi connectivity index (χ4n) is 2.22. The molecule has 0 N–H and O–H groups in total. The van der Waals surface area contributed by atoms with Crippen molar-refractivity contribution in [2.75, 3.05) is 20.3 Å². The van der Waals surface area contributed by atoms with Crippen LogP contribution in [-0.2, 0) is 14.3 Å². The Morgan fingerprint density at radius 3 is 2.36 bits per heavy atom. The molecule has 1 rings (SSSR count). The minimum absolute atomic E-state index is 0.0453. The monoisotopic (exact) mass is 200 g/mol. The highest BCUT2D eigenvalue weighted by atomic mass is 16.5. The molecular formula is C11H20O3. The zero-order valence-corrected chi connectivity index (χ0v) is 9.29. The summed E-state index contributed by atoms with van der Waals surface area (Å²) in [6.45, 7) is 5.73. The molecule has 3 nitrogen and oxygen atoms in total. The number of hydrogen-bond acceptors (Lipinski definition) is 3. The fourth-order valence-corrected chi connectivity index (χ4v) is 2.22. The van der Waals surface area contributed by atoms with Gasteiger partial charge in [-0.05, 0) is 24.7 Å². The lowest BCUT2D eigenvalue weighted by Gasteiger charge is -2.30. The van der Waals surface area contributed by atoms with Gasteiger partial charge in [0.25, 0.3) is 0 Å². The van der Waals surface area contributed by atoms with Gasteiger partial charge in [0.15, 0.2) is 0 Å². The van der Waals surface area contributed by atoms with E-state index in [2.05, 4.69) is 13.8 Å². The topological polar surface area (TPSA) is 35.5 Å². The predicted molar refractivity (Wildman–Crippen MR) is 53.9 cm³/mol. The van der Waals surface area contributed by atoms with Gasteiger partial charge >= 0.3 is 5.97 Å². The molecule has 1 aliphatic heterocycles. The molecule has 82 valence electrons. The molecule has 0 radical (unpaired) electrons. The van der Waals surface area contributed by atoms with Crippen LogP contribution in [0.15, 0.2) is 0 Å². The molecule has 14 heavy (non-hydrogen) atoms. The van der Waals surface area contributed by atoms with E-state index in [0.717, 1.165) is 26.1 Å². The van der Waals surface area contributed by atoms with Gasteiger partial charge in [0.2, 0.25) is 0 Å². The molecule has 1 fully saturated rings. The van der Waals surface area contributed by atoms with Crippen molar-refractivity contribution < 1.29 is 14.3 Å². The van der Waals surface area contributed by atoms with Crippen LogP contribution in [0, 0.1) is 17.8 Å². The SMILES string of the molecule is COC(=O)C(C(C)C)C1CCOCC1. The predicted octanol–water partition coefficient (Wildman–Crippen LogP) is 1.86. The first-order chi connectivity index (χ1) is 6.66. The van der Waals surface area contributed by atoms with Gasteiger partial charge < -0.3 is 9.47 Å². The van der Waals surface area contributed by atoms with E-state index in [1.165, 1.54) is 7.11 Å². The number of carbonyl (C=O) groups is 1. The van der Waals surface area contributed by atoms with Crippen LogP contribution in [0.2, 0.25) is 0 Å². The molecule has 1 saturated heterocycles. The van der Waals surface area contributed by atoms with E-state index >= 15 is 0 Å². The van der Waals surface area contributed by atoms with E-state index in [1.54, 1.807) is 0 Å². The van der Waals surface area contributed by atoms with Crippen molar-refractivity contribution in [1.29, 1.82) is 0 Å². The molecule has 1 atom stereocenters. The average Bonchev–Trinajstić information content (AvgIpc) is 2.19. The average molecular weight is 200 g/mol. The summed E-state index contributed by atoms with van der Waals surface area (Å²) < 4.78 is 10.1. The molecule has 1 aliphatic rings. The van der Waals surface area contributed by atoms with Gasteiger partial charge in [-0.2, -0.15) is 0 Å². The lowest BCUT2D eigenvalue weighted by Crippen LogP contribution is -2.33. The Bertz CT molecular complexity index is 183. The first-order valence-electron chi connectivity index (χ1n) is 5.32. The van der Waals surface area contributed by atoms with Crippen molar-refractivity contribution >= 4 is 5.97 Å². The van der Waals surface area contributed by atoms with Crippen LogP contribution in [0.3, 0.4) is 0 Å². The minimum Gasteiger partial charge on any atom is -0.469 e. The molecule has 0 bridgehead atoms. The van der Waals surface area contributed by atoms with E-state index in [1.807, 2.05) is 0 Å². The number of esters is 1. The van der Waals surface area contributed by atoms with Crippen molar-refractivity contribution in [2.24, 2.45) is 17.8 Å². The van der Waals surface area contributed by atoms with E-state index in [0.29, 0.717) is 11.8 Å². The summed E-state index contributed by atoms with van der Waals surface area (Å²) in [5.41, 5.74) is 0. The normalized spacial score (nSPS) is 20.9.